The molecule has 6 heteroatoms. The first kappa shape index (κ1) is 14.9. The lowest BCUT2D eigenvalue weighted by Crippen LogP contribution is -2.30. The summed E-state index contributed by atoms with van der Waals surface area (Å²) < 4.78 is 40.5. The zero-order valence-corrected chi connectivity index (χ0v) is 12.8. The van der Waals surface area contributed by atoms with Crippen LogP contribution in [-0.2, 0) is 10.0 Å². The highest BCUT2D eigenvalue weighted by atomic mass is 32.2. The number of hydrogen-bond donors (Lipinski definition) is 1. The minimum Gasteiger partial charge on any atom is -0.393 e. The molecule has 3 atom stereocenters. The Morgan fingerprint density at radius 2 is 1.95 bits per heavy atom. The maximum absolute atomic E-state index is 13.6. The molecule has 1 heterocycles. The molecule has 21 heavy (non-hydrogen) atoms. The summed E-state index contributed by atoms with van der Waals surface area (Å²) >= 11 is 0. The summed E-state index contributed by atoms with van der Waals surface area (Å²) in [5.41, 5.74) is 0.174. The fourth-order valence-corrected chi connectivity index (χ4v) is 5.35. The van der Waals surface area contributed by atoms with Crippen molar-refractivity contribution in [2.75, 3.05) is 13.1 Å². The fraction of sp³-hybridized carbons (Fsp3) is 0.600. The number of rotatable bonds is 2. The molecule has 0 unspecified atom stereocenters. The summed E-state index contributed by atoms with van der Waals surface area (Å²) in [5.74, 6) is 0.0394. The molecular formula is C15H20FNO3S. The van der Waals surface area contributed by atoms with Gasteiger partial charge in [0.2, 0.25) is 10.0 Å². The van der Waals surface area contributed by atoms with Crippen LogP contribution in [0.2, 0.25) is 0 Å². The first-order valence-corrected chi connectivity index (χ1v) is 8.77. The molecule has 1 aliphatic heterocycles. The number of sulfonamides is 1. The fourth-order valence-electron chi connectivity index (χ4n) is 3.57. The van der Waals surface area contributed by atoms with Crippen LogP contribution in [0.4, 0.5) is 4.39 Å². The van der Waals surface area contributed by atoms with Crippen molar-refractivity contribution in [3.05, 3.63) is 29.6 Å². The van der Waals surface area contributed by atoms with Gasteiger partial charge in [0.15, 0.2) is 0 Å². The number of halogens is 1. The number of aliphatic hydroxyl groups is 1. The summed E-state index contributed by atoms with van der Waals surface area (Å²) in [6.07, 6.45) is 1.96. The molecule has 4 nitrogen and oxygen atoms in total. The Hall–Kier alpha value is -0.980. The molecule has 2 aliphatic rings. The van der Waals surface area contributed by atoms with Gasteiger partial charge in [-0.25, -0.2) is 12.8 Å². The van der Waals surface area contributed by atoms with Crippen molar-refractivity contribution in [1.29, 1.82) is 0 Å². The third-order valence-electron chi connectivity index (χ3n) is 4.82. The Bertz CT molecular complexity index is 646. The molecule has 0 aromatic heterocycles. The quantitative estimate of drug-likeness (QED) is 0.907. The molecule has 0 amide bonds. The van der Waals surface area contributed by atoms with Gasteiger partial charge in [-0.15, -0.1) is 0 Å². The number of fused-ring (bicyclic) bond motifs is 1. The normalized spacial score (nSPS) is 30.3. The minimum absolute atomic E-state index is 0.0571. The van der Waals surface area contributed by atoms with E-state index in [0.29, 0.717) is 25.4 Å². The van der Waals surface area contributed by atoms with E-state index in [9.17, 15) is 17.9 Å². The van der Waals surface area contributed by atoms with Crippen LogP contribution in [-0.4, -0.2) is 37.0 Å². The Kier molecular flexibility index (Phi) is 3.80. The predicted molar refractivity (Wildman–Crippen MR) is 76.7 cm³/mol. The van der Waals surface area contributed by atoms with Crippen molar-refractivity contribution in [3.8, 4) is 0 Å². The molecule has 1 aromatic carbocycles. The average Bonchev–Trinajstić information content (AvgIpc) is 2.85. The zero-order chi connectivity index (χ0) is 15.2. The smallest absolute Gasteiger partial charge is 0.243 e. The molecule has 0 bridgehead atoms. The van der Waals surface area contributed by atoms with E-state index in [4.69, 9.17) is 0 Å². The molecule has 1 aromatic rings. The lowest BCUT2D eigenvalue weighted by atomic mass is 9.80. The first-order chi connectivity index (χ1) is 9.89. The van der Waals surface area contributed by atoms with Gasteiger partial charge in [-0.1, -0.05) is 6.07 Å². The number of nitrogens with zero attached hydrogens (tertiary/aromatic N) is 1. The van der Waals surface area contributed by atoms with Crippen LogP contribution >= 0.6 is 0 Å². The van der Waals surface area contributed by atoms with E-state index >= 15 is 0 Å². The molecule has 0 spiro atoms. The van der Waals surface area contributed by atoms with Crippen molar-refractivity contribution in [3.63, 3.8) is 0 Å². The maximum atomic E-state index is 13.6. The number of hydrogen-bond acceptors (Lipinski definition) is 3. The topological polar surface area (TPSA) is 57.6 Å². The van der Waals surface area contributed by atoms with E-state index in [2.05, 4.69) is 0 Å². The summed E-state index contributed by atoms with van der Waals surface area (Å²) in [5, 5.41) is 9.73. The predicted octanol–water partition coefficient (Wildman–Crippen LogP) is 1.92. The van der Waals surface area contributed by atoms with Crippen LogP contribution in [0.5, 0.6) is 0 Å². The standard InChI is InChI=1S/C15H20FNO3S/c1-10-14(16)3-2-4-15(10)21(19,20)17-8-11-5-6-13(18)7-12(11)9-17/h2-4,11-13,18H,5-9H2,1H3/t11-,12+,13-/m0/s1. The zero-order valence-electron chi connectivity index (χ0n) is 12.0. The Balaban J connectivity index is 1.88. The van der Waals surface area contributed by atoms with E-state index < -0.39 is 15.8 Å². The Morgan fingerprint density at radius 3 is 2.71 bits per heavy atom. The molecule has 0 radical (unpaired) electrons. The van der Waals surface area contributed by atoms with Gasteiger partial charge in [-0.05, 0) is 50.2 Å². The summed E-state index contributed by atoms with van der Waals surface area (Å²) in [7, 11) is -3.66. The average molecular weight is 313 g/mol. The molecule has 116 valence electrons. The van der Waals surface area contributed by atoms with Gasteiger partial charge in [-0.3, -0.25) is 0 Å². The second-order valence-electron chi connectivity index (χ2n) is 6.17. The SMILES string of the molecule is Cc1c(F)cccc1S(=O)(=O)N1C[C@H]2C[C@@H](O)CC[C@H]2C1. The van der Waals surface area contributed by atoms with Gasteiger partial charge < -0.3 is 5.11 Å². The van der Waals surface area contributed by atoms with Gasteiger partial charge >= 0.3 is 0 Å². The van der Waals surface area contributed by atoms with Gasteiger partial charge in [0.05, 0.1) is 11.0 Å². The second kappa shape index (κ2) is 5.34. The van der Waals surface area contributed by atoms with Crippen molar-refractivity contribution < 1.29 is 17.9 Å². The van der Waals surface area contributed by atoms with Crippen LogP contribution in [0.25, 0.3) is 0 Å². The van der Waals surface area contributed by atoms with Gasteiger partial charge in [-0.2, -0.15) is 4.31 Å². The monoisotopic (exact) mass is 313 g/mol. The highest BCUT2D eigenvalue weighted by Gasteiger charge is 2.42. The molecule has 3 rings (SSSR count). The van der Waals surface area contributed by atoms with E-state index in [0.717, 1.165) is 12.8 Å². The summed E-state index contributed by atoms with van der Waals surface area (Å²) in [6.45, 7) is 2.41. The second-order valence-corrected chi connectivity index (χ2v) is 8.08. The largest absolute Gasteiger partial charge is 0.393 e. The molecule has 1 saturated carbocycles. The van der Waals surface area contributed by atoms with E-state index in [-0.39, 0.29) is 22.5 Å². The minimum atomic E-state index is -3.66. The summed E-state index contributed by atoms with van der Waals surface area (Å²) in [6, 6.07) is 4.17. The lowest BCUT2D eigenvalue weighted by Gasteiger charge is -2.27. The van der Waals surface area contributed by atoms with Crippen LogP contribution in [0.3, 0.4) is 0 Å². The molecule has 2 fully saturated rings. The van der Waals surface area contributed by atoms with Crippen LogP contribution in [0.15, 0.2) is 23.1 Å². The van der Waals surface area contributed by atoms with Crippen molar-refractivity contribution in [2.24, 2.45) is 11.8 Å². The van der Waals surface area contributed by atoms with E-state index in [1.54, 1.807) is 0 Å². The van der Waals surface area contributed by atoms with Gasteiger partial charge in [0.1, 0.15) is 5.82 Å². The van der Waals surface area contributed by atoms with E-state index in [1.165, 1.54) is 29.4 Å². The molecule has 1 aliphatic carbocycles. The highest BCUT2D eigenvalue weighted by Crippen LogP contribution is 2.38. The third kappa shape index (κ3) is 2.60. The number of aliphatic hydroxyl groups excluding tert-OH is 1. The highest BCUT2D eigenvalue weighted by molar-refractivity contribution is 7.89. The first-order valence-electron chi connectivity index (χ1n) is 7.33. The Labute approximate surface area is 124 Å². The van der Waals surface area contributed by atoms with Crippen LogP contribution in [0.1, 0.15) is 24.8 Å². The van der Waals surface area contributed by atoms with Crippen LogP contribution < -0.4 is 0 Å². The van der Waals surface area contributed by atoms with Crippen LogP contribution in [0, 0.1) is 24.6 Å². The molecule has 1 N–H and O–H groups in total. The van der Waals surface area contributed by atoms with Crippen molar-refractivity contribution in [2.45, 2.75) is 37.2 Å². The third-order valence-corrected chi connectivity index (χ3v) is 6.80. The number of benzene rings is 1. The van der Waals surface area contributed by atoms with Gasteiger partial charge in [0.25, 0.3) is 0 Å². The van der Waals surface area contributed by atoms with Gasteiger partial charge in [0, 0.05) is 18.7 Å². The molecule has 1 saturated heterocycles. The Morgan fingerprint density at radius 1 is 1.24 bits per heavy atom. The van der Waals surface area contributed by atoms with Crippen molar-refractivity contribution in [1.82, 2.24) is 4.31 Å². The van der Waals surface area contributed by atoms with Crippen molar-refractivity contribution >= 4 is 10.0 Å². The molecular weight excluding hydrogens is 293 g/mol. The summed E-state index contributed by atoms with van der Waals surface area (Å²) in [4.78, 5) is 0.0571. The maximum Gasteiger partial charge on any atom is 0.243 e. The van der Waals surface area contributed by atoms with E-state index in [1.807, 2.05) is 0 Å². The lowest BCUT2D eigenvalue weighted by molar-refractivity contribution is 0.0866.